The summed E-state index contributed by atoms with van der Waals surface area (Å²) in [7, 11) is 0. The molecule has 382 valence electrons. The van der Waals surface area contributed by atoms with E-state index in [1.54, 1.807) is 0 Å². The van der Waals surface area contributed by atoms with E-state index in [0.717, 1.165) is 11.1 Å². The van der Waals surface area contributed by atoms with Gasteiger partial charge in [0, 0.05) is 117 Å². The van der Waals surface area contributed by atoms with Gasteiger partial charge >= 0.3 is 0 Å². The van der Waals surface area contributed by atoms with E-state index in [9.17, 15) is 19.2 Å². The third-order valence-electron chi connectivity index (χ3n) is 9.27. The summed E-state index contributed by atoms with van der Waals surface area (Å²) in [6, 6.07) is 8.25. The van der Waals surface area contributed by atoms with Crippen molar-refractivity contribution in [2.75, 3.05) is 184 Å². The Morgan fingerprint density at radius 2 is 0.561 bits per heavy atom. The molecule has 0 spiro atoms. The fourth-order valence-electron chi connectivity index (χ4n) is 5.85. The molecule has 22 heteroatoms. The number of nitrogens with two attached hydrogens (primary N) is 4. The second-order valence-electron chi connectivity index (χ2n) is 14.8. The van der Waals surface area contributed by atoms with Crippen molar-refractivity contribution in [2.24, 2.45) is 22.9 Å². The van der Waals surface area contributed by atoms with Crippen molar-refractivity contribution < 1.29 is 57.1 Å². The van der Waals surface area contributed by atoms with Crippen LogP contribution in [0.15, 0.2) is 24.3 Å². The SMILES string of the molecule is NCCOCCOCCC(=O)NCCN(CCNC(=O)CCOCCOCCN)Cc1ccc(CN(CCNC(=O)CCOCCOCCN)CCNC(=O)CCOCCOCCN)cc1. The minimum absolute atomic E-state index is 0.115. The summed E-state index contributed by atoms with van der Waals surface area (Å²) >= 11 is 0. The summed E-state index contributed by atoms with van der Waals surface area (Å²) in [5, 5.41) is 11.9. The Hall–Kier alpha value is -3.46. The van der Waals surface area contributed by atoms with Gasteiger partial charge in [-0.2, -0.15) is 0 Å². The number of benzene rings is 1. The number of carbonyl (C=O) groups excluding carboxylic acids is 4. The van der Waals surface area contributed by atoms with Gasteiger partial charge in [0.1, 0.15) is 0 Å². The van der Waals surface area contributed by atoms with Crippen LogP contribution in [0.5, 0.6) is 0 Å². The molecule has 0 heterocycles. The molecule has 22 nitrogen and oxygen atoms in total. The molecule has 0 fully saturated rings. The number of rotatable bonds is 48. The summed E-state index contributed by atoms with van der Waals surface area (Å²) in [4.78, 5) is 54.4. The van der Waals surface area contributed by atoms with Crippen LogP contribution in [0.25, 0.3) is 0 Å². The zero-order chi connectivity index (χ0) is 48.0. The number of nitrogens with zero attached hydrogens (tertiary/aromatic N) is 2. The number of amides is 4. The molecule has 0 bridgehead atoms. The van der Waals surface area contributed by atoms with Gasteiger partial charge in [-0.3, -0.25) is 29.0 Å². The van der Waals surface area contributed by atoms with E-state index in [1.807, 2.05) is 0 Å². The largest absolute Gasteiger partial charge is 0.379 e. The van der Waals surface area contributed by atoms with E-state index in [0.29, 0.717) is 171 Å². The maximum Gasteiger partial charge on any atom is 0.222 e. The number of hydrogen-bond acceptors (Lipinski definition) is 18. The van der Waals surface area contributed by atoms with Crippen LogP contribution >= 0.6 is 0 Å². The third kappa shape index (κ3) is 38.6. The van der Waals surface area contributed by atoms with Crippen molar-refractivity contribution in [3.8, 4) is 0 Å². The molecule has 0 unspecified atom stereocenters. The number of hydrogen-bond donors (Lipinski definition) is 8. The fraction of sp³-hybridized carbons (Fsp3) is 0.773. The van der Waals surface area contributed by atoms with Crippen LogP contribution in [-0.4, -0.2) is 218 Å². The Bertz CT molecular complexity index is 1160. The summed E-state index contributed by atoms with van der Waals surface area (Å²) in [5.74, 6) is -0.459. The van der Waals surface area contributed by atoms with Gasteiger partial charge in [-0.1, -0.05) is 24.3 Å². The molecule has 4 amide bonds. The van der Waals surface area contributed by atoms with Gasteiger partial charge in [-0.05, 0) is 11.1 Å². The summed E-state index contributed by atoms with van der Waals surface area (Å²) in [6.07, 6.45) is 0.922. The van der Waals surface area contributed by atoms with Crippen molar-refractivity contribution in [1.29, 1.82) is 0 Å². The van der Waals surface area contributed by atoms with Crippen molar-refractivity contribution in [1.82, 2.24) is 31.1 Å². The van der Waals surface area contributed by atoms with E-state index >= 15 is 0 Å². The molecule has 0 aromatic heterocycles. The first-order chi connectivity index (χ1) is 32.3. The van der Waals surface area contributed by atoms with Crippen LogP contribution < -0.4 is 44.2 Å². The minimum Gasteiger partial charge on any atom is -0.379 e. The van der Waals surface area contributed by atoms with E-state index in [4.69, 9.17) is 60.8 Å². The van der Waals surface area contributed by atoms with E-state index in [-0.39, 0.29) is 75.7 Å². The smallest absolute Gasteiger partial charge is 0.222 e. The Kier molecular flexibility index (Phi) is 41.6. The Balaban J connectivity index is 2.80. The highest BCUT2D eigenvalue weighted by molar-refractivity contribution is 5.77. The molecule has 1 aromatic carbocycles. The summed E-state index contributed by atoms with van der Waals surface area (Å²) < 4.78 is 43.1. The molecule has 0 aliphatic heterocycles. The maximum atomic E-state index is 12.5. The van der Waals surface area contributed by atoms with Gasteiger partial charge in [-0.25, -0.2) is 0 Å². The molecular weight excluding hydrogens is 861 g/mol. The lowest BCUT2D eigenvalue weighted by atomic mass is 10.1. The van der Waals surface area contributed by atoms with Gasteiger partial charge in [0.15, 0.2) is 0 Å². The van der Waals surface area contributed by atoms with Gasteiger partial charge in [0.25, 0.3) is 0 Å². The van der Waals surface area contributed by atoms with E-state index in [1.165, 1.54) is 0 Å². The van der Waals surface area contributed by atoms with Crippen molar-refractivity contribution >= 4 is 23.6 Å². The highest BCUT2D eigenvalue weighted by Gasteiger charge is 2.12. The first-order valence-corrected chi connectivity index (χ1v) is 23.3. The highest BCUT2D eigenvalue weighted by Crippen LogP contribution is 2.10. The van der Waals surface area contributed by atoms with Crippen molar-refractivity contribution in [3.05, 3.63) is 35.4 Å². The zero-order valence-electron chi connectivity index (χ0n) is 39.5. The molecule has 0 aliphatic carbocycles. The molecular formula is C44H84N10O12. The predicted molar refractivity (Wildman–Crippen MR) is 250 cm³/mol. The Morgan fingerprint density at radius 1 is 0.348 bits per heavy atom. The number of ether oxygens (including phenoxy) is 8. The van der Waals surface area contributed by atoms with Crippen LogP contribution in [0.2, 0.25) is 0 Å². The maximum absolute atomic E-state index is 12.5. The quantitative estimate of drug-likeness (QED) is 0.0308. The lowest BCUT2D eigenvalue weighted by Gasteiger charge is -2.24. The molecule has 12 N–H and O–H groups in total. The van der Waals surface area contributed by atoms with Gasteiger partial charge in [-0.15, -0.1) is 0 Å². The monoisotopic (exact) mass is 945 g/mol. The lowest BCUT2D eigenvalue weighted by molar-refractivity contribution is -0.123. The Labute approximate surface area is 392 Å². The normalized spacial score (nSPS) is 11.4. The molecule has 0 radical (unpaired) electrons. The summed E-state index contributed by atoms with van der Waals surface area (Å²) in [5.41, 5.74) is 23.8. The van der Waals surface area contributed by atoms with Crippen LogP contribution in [0.1, 0.15) is 36.8 Å². The molecule has 0 aliphatic rings. The first-order valence-electron chi connectivity index (χ1n) is 23.3. The molecule has 0 atom stereocenters. The molecule has 0 saturated carbocycles. The molecule has 66 heavy (non-hydrogen) atoms. The van der Waals surface area contributed by atoms with Gasteiger partial charge in [0.05, 0.1) is 106 Å². The first kappa shape index (κ1) is 60.6. The molecule has 1 rings (SSSR count). The van der Waals surface area contributed by atoms with E-state index in [2.05, 4.69) is 55.3 Å². The highest BCUT2D eigenvalue weighted by atomic mass is 16.5. The third-order valence-corrected chi connectivity index (χ3v) is 9.27. The van der Waals surface area contributed by atoms with Crippen LogP contribution in [0, 0.1) is 0 Å². The lowest BCUT2D eigenvalue weighted by Crippen LogP contribution is -2.39. The van der Waals surface area contributed by atoms with Gasteiger partial charge < -0.3 is 82.1 Å². The molecule has 0 saturated heterocycles. The predicted octanol–water partition coefficient (Wildman–Crippen LogP) is -2.72. The Morgan fingerprint density at radius 3 is 0.773 bits per heavy atom. The summed E-state index contributed by atoms with van der Waals surface area (Å²) in [6.45, 7) is 13.1. The number of carbonyl (C=O) groups is 4. The minimum atomic E-state index is -0.115. The van der Waals surface area contributed by atoms with Gasteiger partial charge in [0.2, 0.25) is 23.6 Å². The second kappa shape index (κ2) is 45.3. The zero-order valence-corrected chi connectivity index (χ0v) is 39.5. The van der Waals surface area contributed by atoms with Crippen LogP contribution in [0.3, 0.4) is 0 Å². The average molecular weight is 945 g/mol. The van der Waals surface area contributed by atoms with Crippen molar-refractivity contribution in [2.45, 2.75) is 38.8 Å². The van der Waals surface area contributed by atoms with Crippen molar-refractivity contribution in [3.63, 3.8) is 0 Å². The van der Waals surface area contributed by atoms with Crippen LogP contribution in [0.4, 0.5) is 0 Å². The van der Waals surface area contributed by atoms with Crippen LogP contribution in [-0.2, 0) is 70.2 Å². The molecule has 1 aromatic rings. The number of nitrogens with one attached hydrogen (secondary N) is 4. The fourth-order valence-corrected chi connectivity index (χ4v) is 5.85. The standard InChI is InChI=1S/C44H84N10O12/c45-9-25-63-33-29-59-21-5-41(55)49-13-17-53(18-14-50-42(56)6-22-60-30-34-64-26-10-46)37-39-1-2-40(4-3-39)38-54(19-15-51-43(57)7-23-61-31-35-65-27-11-47)20-16-52-44(58)8-24-62-32-36-66-28-12-48/h1-4H,5-38,45-48H2,(H,49,55)(H,50,56)(H,51,57)(H,52,58). The van der Waals surface area contributed by atoms with E-state index < -0.39 is 0 Å². The second-order valence-corrected chi connectivity index (χ2v) is 14.8. The average Bonchev–Trinajstić information content (AvgIpc) is 3.30. The topological polar surface area (TPSA) is 301 Å².